The van der Waals surface area contributed by atoms with Gasteiger partial charge >= 0.3 is 0 Å². The zero-order valence-electron chi connectivity index (χ0n) is 18.9. The summed E-state index contributed by atoms with van der Waals surface area (Å²) in [5.74, 6) is 0. The molecule has 0 amide bonds. The highest BCUT2D eigenvalue weighted by Crippen LogP contribution is 2.48. The topological polar surface area (TPSA) is 26.7 Å². The van der Waals surface area contributed by atoms with Crippen molar-refractivity contribution >= 4 is 28.2 Å². The summed E-state index contributed by atoms with van der Waals surface area (Å²) in [4.78, 5) is 4.45. The second-order valence-electron chi connectivity index (χ2n) is 8.99. The van der Waals surface area contributed by atoms with Crippen molar-refractivity contribution < 1.29 is 5.11 Å². The maximum absolute atomic E-state index is 9.75. The van der Waals surface area contributed by atoms with E-state index in [1.54, 1.807) is 0 Å². The first kappa shape index (κ1) is 21.2. The van der Waals surface area contributed by atoms with Crippen LogP contribution in [0, 0.1) is 0 Å². The second-order valence-corrected chi connectivity index (χ2v) is 8.99. The first-order valence-electron chi connectivity index (χ1n) is 11.0. The molecule has 1 aliphatic rings. The number of β-amino-alcohol motifs (C(OH)–C–C–N with tert-alkyl or cyclic N) is 1. The van der Waals surface area contributed by atoms with Crippen LogP contribution in [0.25, 0.3) is 16.8 Å². The molecule has 1 N–H and O–H groups in total. The molecular formula is C28H32N2O. The summed E-state index contributed by atoms with van der Waals surface area (Å²) in [6.45, 7) is 5.39. The van der Waals surface area contributed by atoms with Gasteiger partial charge in [-0.05, 0) is 40.1 Å². The van der Waals surface area contributed by atoms with Crippen LogP contribution in [0.4, 0.5) is 11.4 Å². The van der Waals surface area contributed by atoms with Crippen molar-refractivity contribution in [3.05, 3.63) is 90.0 Å². The Morgan fingerprint density at radius 3 is 2.42 bits per heavy atom. The Morgan fingerprint density at radius 2 is 1.71 bits per heavy atom. The highest BCUT2D eigenvalue weighted by atomic mass is 16.3. The van der Waals surface area contributed by atoms with Crippen LogP contribution in [0.1, 0.15) is 25.0 Å². The fraction of sp³-hybridized carbons (Fsp3) is 0.286. The van der Waals surface area contributed by atoms with Crippen molar-refractivity contribution in [3.8, 4) is 0 Å². The minimum atomic E-state index is -0.0664. The Labute approximate surface area is 185 Å². The Balaban J connectivity index is 1.63. The van der Waals surface area contributed by atoms with Crippen LogP contribution in [0.2, 0.25) is 0 Å². The number of allylic oxidation sites excluding steroid dienone is 2. The van der Waals surface area contributed by atoms with E-state index in [2.05, 4.69) is 123 Å². The monoisotopic (exact) mass is 412 g/mol. The normalized spacial score (nSPS) is 17.7. The van der Waals surface area contributed by atoms with Crippen LogP contribution < -0.4 is 9.80 Å². The maximum Gasteiger partial charge on any atom is 0.0606 e. The number of hydrogen-bond donors (Lipinski definition) is 1. The van der Waals surface area contributed by atoms with E-state index in [1.807, 2.05) is 0 Å². The molecule has 0 fully saturated rings. The van der Waals surface area contributed by atoms with Gasteiger partial charge in [-0.25, -0.2) is 0 Å². The minimum absolute atomic E-state index is 0.0664. The van der Waals surface area contributed by atoms with Gasteiger partial charge in [-0.15, -0.1) is 0 Å². The zero-order chi connectivity index (χ0) is 22.0. The molecule has 0 saturated carbocycles. The molecule has 0 bridgehead atoms. The number of benzene rings is 3. The molecule has 1 aliphatic heterocycles. The predicted octanol–water partition coefficient (Wildman–Crippen LogP) is 5.63. The van der Waals surface area contributed by atoms with E-state index in [0.29, 0.717) is 6.54 Å². The van der Waals surface area contributed by atoms with Crippen LogP contribution in [0.15, 0.2) is 78.9 Å². The van der Waals surface area contributed by atoms with E-state index >= 15 is 0 Å². The quantitative estimate of drug-likeness (QED) is 0.531. The molecule has 4 rings (SSSR count). The number of rotatable bonds is 6. The van der Waals surface area contributed by atoms with Crippen LogP contribution in [-0.4, -0.2) is 38.4 Å². The molecule has 3 aromatic rings. The molecule has 1 unspecified atom stereocenters. The van der Waals surface area contributed by atoms with Crippen molar-refractivity contribution in [2.24, 2.45) is 0 Å². The van der Waals surface area contributed by atoms with E-state index < -0.39 is 0 Å². The Kier molecular flexibility index (Phi) is 5.88. The summed E-state index contributed by atoms with van der Waals surface area (Å²) in [5, 5.41) is 12.3. The highest BCUT2D eigenvalue weighted by Gasteiger charge is 2.43. The largest absolute Gasteiger partial charge is 0.395 e. The second kappa shape index (κ2) is 8.60. The van der Waals surface area contributed by atoms with Gasteiger partial charge in [0.15, 0.2) is 0 Å². The van der Waals surface area contributed by atoms with Crippen molar-refractivity contribution in [2.75, 3.05) is 37.0 Å². The third-order valence-corrected chi connectivity index (χ3v) is 6.38. The number of anilines is 2. The van der Waals surface area contributed by atoms with Crippen LogP contribution in [0.5, 0.6) is 0 Å². The SMILES string of the molecule is CN(C)c1ccc(/C=C/C=C/C2N(CCO)c3ccc4ccccc4c3C2(C)C)cc1. The van der Waals surface area contributed by atoms with E-state index in [0.717, 1.165) is 0 Å². The van der Waals surface area contributed by atoms with Gasteiger partial charge in [0, 0.05) is 37.4 Å². The number of aliphatic hydroxyl groups excluding tert-OH is 1. The first-order chi connectivity index (χ1) is 14.9. The Morgan fingerprint density at radius 1 is 0.968 bits per heavy atom. The summed E-state index contributed by atoms with van der Waals surface area (Å²) in [5.41, 5.74) is 4.92. The highest BCUT2D eigenvalue weighted by molar-refractivity contribution is 5.93. The summed E-state index contributed by atoms with van der Waals surface area (Å²) in [6, 6.07) is 21.7. The van der Waals surface area contributed by atoms with E-state index in [4.69, 9.17) is 0 Å². The zero-order valence-corrected chi connectivity index (χ0v) is 18.9. The molecule has 0 aromatic heterocycles. The molecule has 1 heterocycles. The number of nitrogens with zero attached hydrogens (tertiary/aromatic N) is 2. The van der Waals surface area contributed by atoms with Crippen LogP contribution >= 0.6 is 0 Å². The lowest BCUT2D eigenvalue weighted by Gasteiger charge is -2.32. The van der Waals surface area contributed by atoms with E-state index in [-0.39, 0.29) is 18.1 Å². The summed E-state index contributed by atoms with van der Waals surface area (Å²) < 4.78 is 0. The molecule has 3 heteroatoms. The lowest BCUT2D eigenvalue weighted by Crippen LogP contribution is -2.41. The maximum atomic E-state index is 9.75. The molecule has 3 aromatic carbocycles. The van der Waals surface area contributed by atoms with Gasteiger partial charge in [0.25, 0.3) is 0 Å². The molecule has 0 radical (unpaired) electrons. The van der Waals surface area contributed by atoms with Gasteiger partial charge in [0.05, 0.1) is 12.6 Å². The van der Waals surface area contributed by atoms with Gasteiger partial charge in [-0.1, -0.05) is 80.6 Å². The smallest absolute Gasteiger partial charge is 0.0606 e. The summed E-state index contributed by atoms with van der Waals surface area (Å²) >= 11 is 0. The standard InChI is InChI=1S/C28H32N2O/c1-28(2)26(12-8-5-9-21-13-16-23(17-14-21)29(3)4)30(19-20-31)25-18-15-22-10-6-7-11-24(22)27(25)28/h5-18,26,31H,19-20H2,1-4H3/b9-5+,12-8+. The average molecular weight is 413 g/mol. The van der Waals surface area contributed by atoms with Crippen molar-refractivity contribution in [2.45, 2.75) is 25.3 Å². The lowest BCUT2D eigenvalue weighted by molar-refractivity contribution is 0.296. The third kappa shape index (κ3) is 3.98. The first-order valence-corrected chi connectivity index (χ1v) is 11.0. The molecule has 0 spiro atoms. The molecule has 31 heavy (non-hydrogen) atoms. The summed E-state index contributed by atoms with van der Waals surface area (Å²) in [6.07, 6.45) is 8.66. The van der Waals surface area contributed by atoms with Crippen LogP contribution in [0.3, 0.4) is 0 Å². The van der Waals surface area contributed by atoms with E-state index in [9.17, 15) is 5.11 Å². The van der Waals surface area contributed by atoms with Gasteiger partial charge in [-0.2, -0.15) is 0 Å². The minimum Gasteiger partial charge on any atom is -0.395 e. The number of aliphatic hydroxyl groups is 1. The fourth-order valence-electron chi connectivity index (χ4n) is 4.80. The molecule has 0 saturated heterocycles. The molecule has 3 nitrogen and oxygen atoms in total. The van der Waals surface area contributed by atoms with Gasteiger partial charge < -0.3 is 14.9 Å². The van der Waals surface area contributed by atoms with Gasteiger partial charge in [0.1, 0.15) is 0 Å². The molecule has 0 aliphatic carbocycles. The lowest BCUT2D eigenvalue weighted by atomic mass is 9.78. The van der Waals surface area contributed by atoms with Crippen molar-refractivity contribution in [1.29, 1.82) is 0 Å². The van der Waals surface area contributed by atoms with Crippen molar-refractivity contribution in [1.82, 2.24) is 0 Å². The molecule has 1 atom stereocenters. The number of hydrogen-bond acceptors (Lipinski definition) is 3. The van der Waals surface area contributed by atoms with E-state index in [1.165, 1.54) is 33.3 Å². The Bertz CT molecular complexity index is 1110. The molecular weight excluding hydrogens is 380 g/mol. The van der Waals surface area contributed by atoms with Gasteiger partial charge in [0.2, 0.25) is 0 Å². The van der Waals surface area contributed by atoms with Gasteiger partial charge in [-0.3, -0.25) is 0 Å². The summed E-state index contributed by atoms with van der Waals surface area (Å²) in [7, 11) is 4.10. The average Bonchev–Trinajstić information content (AvgIpc) is 2.98. The Hall–Kier alpha value is -3.04. The predicted molar refractivity (Wildman–Crippen MR) is 134 cm³/mol. The fourth-order valence-corrected chi connectivity index (χ4v) is 4.80. The van der Waals surface area contributed by atoms with Crippen molar-refractivity contribution in [3.63, 3.8) is 0 Å². The number of fused-ring (bicyclic) bond motifs is 3. The van der Waals surface area contributed by atoms with Crippen LogP contribution in [-0.2, 0) is 5.41 Å². The molecule has 160 valence electrons. The third-order valence-electron chi connectivity index (χ3n) is 6.38.